The number of carbonyl (C=O) groups is 1. The Hall–Kier alpha value is -2.57. The zero-order valence-corrected chi connectivity index (χ0v) is 19.6. The van der Waals surface area contributed by atoms with Crippen molar-refractivity contribution >= 4 is 30.2 Å². The molecule has 0 fully saturated rings. The summed E-state index contributed by atoms with van der Waals surface area (Å²) in [4.78, 5) is 24.5. The number of carbonyl (C=O) groups excluding carboxylic acids is 1. The molecule has 11 heteroatoms. The number of rotatable bonds is 12. The fourth-order valence-corrected chi connectivity index (χ4v) is 3.30. The van der Waals surface area contributed by atoms with E-state index in [2.05, 4.69) is 14.9 Å². The summed E-state index contributed by atoms with van der Waals surface area (Å²) < 4.78 is 20.0. The molecule has 0 bridgehead atoms. The Bertz CT molecular complexity index is 958. The number of aliphatic hydroxyl groups excluding tert-OH is 2. The van der Waals surface area contributed by atoms with E-state index in [1.165, 1.54) is 25.3 Å². The normalized spacial score (nSPS) is 13.5. The number of aromatic nitrogens is 2. The van der Waals surface area contributed by atoms with Crippen LogP contribution in [-0.4, -0.2) is 52.5 Å². The minimum atomic E-state index is -1.40. The summed E-state index contributed by atoms with van der Waals surface area (Å²) in [5.74, 6) is -1.52. The molecule has 1 heterocycles. The number of carboxylic acid groups (broad SMARTS) is 1. The number of aliphatic carboxylic acids is 1. The lowest BCUT2D eigenvalue weighted by Gasteiger charge is -2.20. The van der Waals surface area contributed by atoms with Crippen molar-refractivity contribution in [2.24, 2.45) is 0 Å². The molecule has 0 aliphatic heterocycles. The molecule has 2 rings (SSSR count). The van der Waals surface area contributed by atoms with E-state index in [0.717, 1.165) is 12.2 Å². The van der Waals surface area contributed by atoms with Gasteiger partial charge in [0.05, 0.1) is 30.7 Å². The molecule has 1 aromatic carbocycles. The van der Waals surface area contributed by atoms with Crippen molar-refractivity contribution < 1.29 is 33.7 Å². The van der Waals surface area contributed by atoms with Crippen LogP contribution >= 0.6 is 12.2 Å². The van der Waals surface area contributed by atoms with Crippen LogP contribution in [0.25, 0.3) is 17.3 Å². The van der Waals surface area contributed by atoms with Crippen molar-refractivity contribution in [3.63, 3.8) is 0 Å². The first-order chi connectivity index (χ1) is 15.6. The van der Waals surface area contributed by atoms with E-state index in [-0.39, 0.29) is 12.3 Å². The first-order valence-corrected chi connectivity index (χ1v) is 10.8. The summed E-state index contributed by atoms with van der Waals surface area (Å²) in [6.07, 6.45) is -0.0711. The van der Waals surface area contributed by atoms with Crippen LogP contribution in [0.3, 0.4) is 0 Å². The Morgan fingerprint density at radius 1 is 1.27 bits per heavy atom. The maximum Gasteiger partial charge on any atom is 0.237 e. The molecule has 0 saturated carbocycles. The highest BCUT2D eigenvalue weighted by Crippen LogP contribution is 2.32. The highest BCUT2D eigenvalue weighted by atomic mass is 32.2. The number of halogens is 1. The molecule has 9 nitrogen and oxygen atoms in total. The SMILES string of the molecule is COOSN(C)c1nc(-c2ccc(F)cc2)c(/C=C/[C@@H](O)C[C@@H](O)CC(=O)[O-])c(C(C)C)n1. The number of hydrogen-bond donors (Lipinski definition) is 2. The molecular formula is C22H27FN3O6S-. The minimum absolute atomic E-state index is 0.0480. The monoisotopic (exact) mass is 480 g/mol. The van der Waals surface area contributed by atoms with Crippen molar-refractivity contribution in [2.45, 2.75) is 44.8 Å². The molecule has 2 atom stereocenters. The average molecular weight is 481 g/mol. The lowest BCUT2D eigenvalue weighted by molar-refractivity contribution is -0.307. The summed E-state index contributed by atoms with van der Waals surface area (Å²) in [6, 6.07) is 5.80. The van der Waals surface area contributed by atoms with E-state index < -0.39 is 30.4 Å². The van der Waals surface area contributed by atoms with Gasteiger partial charge in [-0.2, -0.15) is 0 Å². The van der Waals surface area contributed by atoms with Crippen LogP contribution in [0.15, 0.2) is 30.3 Å². The van der Waals surface area contributed by atoms with Gasteiger partial charge in [-0.1, -0.05) is 26.0 Å². The standard InChI is InChI=1S/C22H28FN3O6S/c1-13(2)20-18(10-9-16(27)11-17(28)12-19(29)30)21(14-5-7-15(23)8-6-14)25-22(24-20)26(3)33-32-31-4/h5-10,13,16-17,27-28H,11-12H2,1-4H3,(H,29,30)/p-1/b10-9+/t16-,17-/m1/s1. The Morgan fingerprint density at radius 3 is 2.52 bits per heavy atom. The van der Waals surface area contributed by atoms with Gasteiger partial charge in [-0.05, 0) is 30.2 Å². The number of nitrogens with zero attached hydrogens (tertiary/aromatic N) is 3. The second-order valence-electron chi connectivity index (χ2n) is 7.53. The van der Waals surface area contributed by atoms with Gasteiger partial charge in [0.15, 0.2) is 12.2 Å². The molecule has 2 N–H and O–H groups in total. The molecular weight excluding hydrogens is 453 g/mol. The van der Waals surface area contributed by atoms with E-state index in [0.29, 0.717) is 28.5 Å². The zero-order valence-electron chi connectivity index (χ0n) is 18.8. The van der Waals surface area contributed by atoms with Crippen LogP contribution in [0.4, 0.5) is 10.3 Å². The molecule has 1 aromatic heterocycles. The smallest absolute Gasteiger partial charge is 0.237 e. The Morgan fingerprint density at radius 2 is 1.94 bits per heavy atom. The number of aliphatic hydroxyl groups is 2. The maximum absolute atomic E-state index is 13.5. The number of benzene rings is 1. The molecule has 0 radical (unpaired) electrons. The van der Waals surface area contributed by atoms with Crippen molar-refractivity contribution in [1.29, 1.82) is 0 Å². The summed E-state index contributed by atoms with van der Waals surface area (Å²) in [5.41, 5.74) is 2.37. The molecule has 0 aliphatic rings. The lowest BCUT2D eigenvalue weighted by Crippen LogP contribution is -2.29. The first kappa shape index (κ1) is 26.7. The molecule has 0 amide bonds. The van der Waals surface area contributed by atoms with Gasteiger partial charge in [0.1, 0.15) is 5.82 Å². The topological polar surface area (TPSA) is 128 Å². The van der Waals surface area contributed by atoms with Crippen molar-refractivity contribution in [1.82, 2.24) is 9.97 Å². The zero-order chi connectivity index (χ0) is 24.5. The van der Waals surface area contributed by atoms with Gasteiger partial charge in [-0.3, -0.25) is 4.31 Å². The predicted octanol–water partition coefficient (Wildman–Crippen LogP) is 2.25. The van der Waals surface area contributed by atoms with E-state index >= 15 is 0 Å². The molecule has 0 saturated heterocycles. The van der Waals surface area contributed by atoms with Crippen LogP contribution in [0, 0.1) is 5.82 Å². The second kappa shape index (κ2) is 12.6. The fraction of sp³-hybridized carbons (Fsp3) is 0.409. The molecule has 0 aliphatic carbocycles. The van der Waals surface area contributed by atoms with E-state index in [1.54, 1.807) is 29.6 Å². The third kappa shape index (κ3) is 8.06. The van der Waals surface area contributed by atoms with Crippen LogP contribution in [-0.2, 0) is 14.0 Å². The highest BCUT2D eigenvalue weighted by Gasteiger charge is 2.20. The Kier molecular flexibility index (Phi) is 10.2. The second-order valence-corrected chi connectivity index (χ2v) is 8.36. The Labute approximate surface area is 196 Å². The largest absolute Gasteiger partial charge is 0.550 e. The number of hydrogen-bond acceptors (Lipinski definition) is 10. The lowest BCUT2D eigenvalue weighted by atomic mass is 9.97. The van der Waals surface area contributed by atoms with E-state index in [1.807, 2.05) is 13.8 Å². The summed E-state index contributed by atoms with van der Waals surface area (Å²) in [5, 5.41) is 30.7. The van der Waals surface area contributed by atoms with E-state index in [4.69, 9.17) is 4.33 Å². The van der Waals surface area contributed by atoms with Gasteiger partial charge in [-0.25, -0.2) is 19.2 Å². The molecule has 0 spiro atoms. The van der Waals surface area contributed by atoms with Crippen LogP contribution in [0.1, 0.15) is 43.9 Å². The molecule has 180 valence electrons. The summed E-state index contributed by atoms with van der Waals surface area (Å²) in [7, 11) is 3.06. The predicted molar refractivity (Wildman–Crippen MR) is 121 cm³/mol. The van der Waals surface area contributed by atoms with Gasteiger partial charge in [-0.15, -0.1) is 4.33 Å². The first-order valence-electron chi connectivity index (χ1n) is 10.2. The maximum atomic E-state index is 13.5. The third-order valence-electron chi connectivity index (χ3n) is 4.52. The highest BCUT2D eigenvalue weighted by molar-refractivity contribution is 7.95. The Balaban J connectivity index is 2.51. The van der Waals surface area contributed by atoms with Gasteiger partial charge in [0, 0.05) is 37.0 Å². The number of carboxylic acids is 1. The van der Waals surface area contributed by atoms with Crippen molar-refractivity contribution in [2.75, 3.05) is 18.5 Å². The summed E-state index contributed by atoms with van der Waals surface area (Å²) >= 11 is 0.879. The van der Waals surface area contributed by atoms with Gasteiger partial charge < -0.3 is 20.1 Å². The molecule has 33 heavy (non-hydrogen) atoms. The molecule has 0 unspecified atom stereocenters. The average Bonchev–Trinajstić information content (AvgIpc) is 2.75. The van der Waals surface area contributed by atoms with Gasteiger partial charge in [0.25, 0.3) is 0 Å². The van der Waals surface area contributed by atoms with Crippen molar-refractivity contribution in [3.05, 3.63) is 47.4 Å². The van der Waals surface area contributed by atoms with Gasteiger partial charge in [0.2, 0.25) is 5.95 Å². The van der Waals surface area contributed by atoms with Crippen LogP contribution < -0.4 is 9.41 Å². The van der Waals surface area contributed by atoms with Crippen LogP contribution in [0.2, 0.25) is 0 Å². The third-order valence-corrected chi connectivity index (χ3v) is 5.10. The van der Waals surface area contributed by atoms with E-state index in [9.17, 15) is 24.5 Å². The minimum Gasteiger partial charge on any atom is -0.550 e. The van der Waals surface area contributed by atoms with Crippen molar-refractivity contribution in [3.8, 4) is 11.3 Å². The van der Waals surface area contributed by atoms with Gasteiger partial charge >= 0.3 is 0 Å². The molecule has 2 aromatic rings. The fourth-order valence-electron chi connectivity index (χ4n) is 3.00. The van der Waals surface area contributed by atoms with Crippen LogP contribution in [0.5, 0.6) is 0 Å². The quantitative estimate of drug-likeness (QED) is 0.202. The summed E-state index contributed by atoms with van der Waals surface area (Å²) in [6.45, 7) is 3.88. The number of anilines is 1.